The molecule has 32 heavy (non-hydrogen) atoms. The molecule has 0 aromatic heterocycles. The Labute approximate surface area is 185 Å². The summed E-state index contributed by atoms with van der Waals surface area (Å²) in [6, 6.07) is 25.5. The molecule has 5 rings (SSSR count). The number of imide groups is 1. The maximum absolute atomic E-state index is 13.8. The molecule has 0 spiro atoms. The maximum atomic E-state index is 13.8. The largest absolute Gasteiger partial charge is 0.595 e. The number of hydrogen-bond donors (Lipinski definition) is 2. The quantitative estimate of drug-likeness (QED) is 0.381. The Morgan fingerprint density at radius 3 is 1.59 bits per heavy atom. The van der Waals surface area contributed by atoms with Crippen LogP contribution in [0.15, 0.2) is 97.1 Å². The summed E-state index contributed by atoms with van der Waals surface area (Å²) in [5.74, 6) is -2.45. The van der Waals surface area contributed by atoms with E-state index in [4.69, 9.17) is 0 Å². The second kappa shape index (κ2) is 8.16. The van der Waals surface area contributed by atoms with Crippen LogP contribution in [0.1, 0.15) is 23.0 Å². The number of fused-ring (bicyclic) bond motifs is 1. The first-order chi connectivity index (χ1) is 15.6. The highest BCUT2D eigenvalue weighted by atomic mass is 16.8. The van der Waals surface area contributed by atoms with Gasteiger partial charge in [-0.15, -0.1) is 0 Å². The van der Waals surface area contributed by atoms with Gasteiger partial charge in [0.05, 0.1) is 11.8 Å². The summed E-state index contributed by atoms with van der Waals surface area (Å²) < 4.78 is 0. The zero-order chi connectivity index (χ0) is 22.2. The molecule has 1 saturated heterocycles. The van der Waals surface area contributed by atoms with Crippen LogP contribution >= 0.6 is 0 Å². The predicted octanol–water partition coefficient (Wildman–Crippen LogP) is 3.33. The number of hydrogen-bond acceptors (Lipinski definition) is 4. The van der Waals surface area contributed by atoms with Crippen LogP contribution in [0.4, 0.5) is 11.4 Å². The van der Waals surface area contributed by atoms with Crippen molar-refractivity contribution in [2.24, 2.45) is 11.8 Å². The molecule has 3 aromatic carbocycles. The van der Waals surface area contributed by atoms with Crippen LogP contribution in [-0.2, 0) is 9.59 Å². The van der Waals surface area contributed by atoms with Crippen molar-refractivity contribution in [3.63, 3.8) is 0 Å². The average molecular weight is 426 g/mol. The smallest absolute Gasteiger partial charge is 0.238 e. The molecule has 2 amide bonds. The van der Waals surface area contributed by atoms with Crippen molar-refractivity contribution >= 4 is 23.2 Å². The molecule has 0 radical (unpaired) electrons. The molecule has 160 valence electrons. The molecule has 3 aromatic rings. The molecule has 1 aliphatic carbocycles. The normalized spacial score (nSPS) is 25.6. The van der Waals surface area contributed by atoms with Gasteiger partial charge in [0.2, 0.25) is 11.8 Å². The Bertz CT molecular complexity index is 1110. The van der Waals surface area contributed by atoms with E-state index in [0.717, 1.165) is 16.0 Å². The third-order valence-electron chi connectivity index (χ3n) is 6.44. The van der Waals surface area contributed by atoms with E-state index in [1.54, 1.807) is 12.1 Å². The number of carbonyl (C=O) groups excluding carboxylic acids is 2. The van der Waals surface area contributed by atoms with E-state index in [1.807, 2.05) is 72.8 Å². The average Bonchev–Trinajstić information content (AvgIpc) is 3.10. The minimum Gasteiger partial charge on any atom is -0.595 e. The molecule has 0 bridgehead atoms. The number of carbonyl (C=O) groups is 2. The number of allylic oxidation sites excluding steroid dienone is 2. The Hall–Kier alpha value is -3.58. The number of para-hydroxylation sites is 2. The van der Waals surface area contributed by atoms with Gasteiger partial charge in [0.1, 0.15) is 5.69 Å². The molecule has 1 heterocycles. The minimum atomic E-state index is -1.17. The number of quaternary nitrogens is 1. The first-order valence-electron chi connectivity index (χ1n) is 10.6. The van der Waals surface area contributed by atoms with Crippen molar-refractivity contribution in [3.05, 3.63) is 113 Å². The SMILES string of the molecule is O=C1C2C(c3ccccc3)C=CC(c3ccccc3)C2C(=O)N1c1ccccc1[NH+]([O-])O. The van der Waals surface area contributed by atoms with Crippen molar-refractivity contribution in [1.29, 1.82) is 0 Å². The van der Waals surface area contributed by atoms with E-state index in [9.17, 15) is 20.0 Å². The van der Waals surface area contributed by atoms with Crippen molar-refractivity contribution < 1.29 is 20.0 Å². The summed E-state index contributed by atoms with van der Waals surface area (Å²) in [5.41, 5.74) is 1.98. The lowest BCUT2D eigenvalue weighted by Crippen LogP contribution is -2.99. The number of anilines is 1. The maximum Gasteiger partial charge on any atom is 0.238 e. The fourth-order valence-corrected chi connectivity index (χ4v) is 5.02. The van der Waals surface area contributed by atoms with E-state index in [2.05, 4.69) is 0 Å². The molecule has 5 unspecified atom stereocenters. The summed E-state index contributed by atoms with van der Waals surface area (Å²) in [6.07, 6.45) is 4.04. The van der Waals surface area contributed by atoms with Crippen LogP contribution in [0.3, 0.4) is 0 Å². The molecule has 5 atom stereocenters. The van der Waals surface area contributed by atoms with Crippen molar-refractivity contribution in [2.45, 2.75) is 11.8 Å². The number of amides is 2. The first-order valence-corrected chi connectivity index (χ1v) is 10.6. The van der Waals surface area contributed by atoms with E-state index in [-0.39, 0.29) is 35.0 Å². The summed E-state index contributed by atoms with van der Waals surface area (Å²) in [6.45, 7) is 0. The number of benzene rings is 3. The van der Waals surface area contributed by atoms with Gasteiger partial charge in [-0.3, -0.25) is 9.59 Å². The zero-order valence-electron chi connectivity index (χ0n) is 17.2. The van der Waals surface area contributed by atoms with Gasteiger partial charge in [-0.05, 0) is 17.2 Å². The van der Waals surface area contributed by atoms with Gasteiger partial charge in [0.25, 0.3) is 0 Å². The molecule has 6 nitrogen and oxygen atoms in total. The predicted molar refractivity (Wildman–Crippen MR) is 119 cm³/mol. The third kappa shape index (κ3) is 3.26. The van der Waals surface area contributed by atoms with Gasteiger partial charge in [-0.1, -0.05) is 84.9 Å². The van der Waals surface area contributed by atoms with Gasteiger partial charge in [0, 0.05) is 17.9 Å². The second-order valence-electron chi connectivity index (χ2n) is 8.14. The van der Waals surface area contributed by atoms with E-state index in [0.29, 0.717) is 0 Å². The Kier molecular flexibility index (Phi) is 5.19. The lowest BCUT2D eigenvalue weighted by atomic mass is 9.68. The molecule has 6 heteroatoms. The van der Waals surface area contributed by atoms with E-state index >= 15 is 0 Å². The number of nitrogens with one attached hydrogen (secondary N) is 1. The minimum absolute atomic E-state index is 0.0617. The first kappa shape index (κ1) is 20.3. The third-order valence-corrected chi connectivity index (χ3v) is 6.44. The number of rotatable bonds is 4. The summed E-state index contributed by atoms with van der Waals surface area (Å²) in [7, 11) is 0. The molecule has 1 aliphatic heterocycles. The lowest BCUT2D eigenvalue weighted by molar-refractivity contribution is -0.990. The van der Waals surface area contributed by atoms with Gasteiger partial charge in [-0.25, -0.2) is 10.1 Å². The van der Waals surface area contributed by atoms with Gasteiger partial charge < -0.3 is 5.21 Å². The van der Waals surface area contributed by atoms with E-state index < -0.39 is 17.1 Å². The van der Waals surface area contributed by atoms with Crippen LogP contribution in [0.2, 0.25) is 0 Å². The zero-order valence-corrected chi connectivity index (χ0v) is 17.2. The lowest BCUT2D eigenvalue weighted by Gasteiger charge is -2.32. The molecule has 2 aliphatic rings. The van der Waals surface area contributed by atoms with Gasteiger partial charge in [0.15, 0.2) is 5.69 Å². The van der Waals surface area contributed by atoms with Crippen LogP contribution in [0, 0.1) is 17.0 Å². The van der Waals surface area contributed by atoms with Crippen molar-refractivity contribution in [1.82, 2.24) is 0 Å². The van der Waals surface area contributed by atoms with Crippen molar-refractivity contribution in [3.8, 4) is 0 Å². The van der Waals surface area contributed by atoms with Crippen molar-refractivity contribution in [2.75, 3.05) is 4.90 Å². The molecular weight excluding hydrogens is 404 g/mol. The molecule has 2 N–H and O–H groups in total. The topological polar surface area (TPSA) is 85.1 Å². The highest BCUT2D eigenvalue weighted by Crippen LogP contribution is 2.50. The summed E-state index contributed by atoms with van der Waals surface area (Å²) >= 11 is 0. The van der Waals surface area contributed by atoms with Crippen LogP contribution in [-0.4, -0.2) is 17.0 Å². The second-order valence-corrected chi connectivity index (χ2v) is 8.14. The standard InChI is InChI=1S/C26H22N2O4/c29-25-23-19(17-9-3-1-4-10-17)15-16-20(18-11-5-2-6-12-18)24(23)26(30)27(25)21-13-7-8-14-22(21)28(31)32/h1-16,19-20,23-24,28,31H. The van der Waals surface area contributed by atoms with Crippen LogP contribution in [0.5, 0.6) is 0 Å². The Morgan fingerprint density at radius 1 is 0.688 bits per heavy atom. The Balaban J connectivity index is 1.65. The highest BCUT2D eigenvalue weighted by molar-refractivity contribution is 6.23. The van der Waals surface area contributed by atoms with Crippen LogP contribution in [0.25, 0.3) is 0 Å². The fourth-order valence-electron chi connectivity index (χ4n) is 5.02. The molecule has 0 saturated carbocycles. The summed E-state index contributed by atoms with van der Waals surface area (Å²) in [4.78, 5) is 28.6. The Morgan fingerprint density at radius 2 is 1.12 bits per heavy atom. The highest BCUT2D eigenvalue weighted by Gasteiger charge is 2.56. The van der Waals surface area contributed by atoms with Crippen LogP contribution < -0.4 is 10.1 Å². The van der Waals surface area contributed by atoms with E-state index in [1.165, 1.54) is 12.1 Å². The van der Waals surface area contributed by atoms with Gasteiger partial charge in [-0.2, -0.15) is 5.23 Å². The monoisotopic (exact) mass is 426 g/mol. The molecular formula is C26H22N2O4. The molecule has 1 fully saturated rings. The number of nitrogens with zero attached hydrogens (tertiary/aromatic N) is 1. The van der Waals surface area contributed by atoms with Gasteiger partial charge >= 0.3 is 0 Å². The summed E-state index contributed by atoms with van der Waals surface area (Å²) in [5, 5.41) is 20.3. The fraction of sp³-hybridized carbons (Fsp3) is 0.154.